The molecule has 2 amide bonds. The third-order valence-electron chi connectivity index (χ3n) is 4.17. The monoisotopic (exact) mass is 333 g/mol. The van der Waals surface area contributed by atoms with Crippen LogP contribution in [0.5, 0.6) is 0 Å². The number of carbonyl (C=O) groups excluding carboxylic acids is 2. The Balaban J connectivity index is 1.44. The number of fused-ring (bicyclic) bond motifs is 2. The first kappa shape index (κ1) is 15.2. The van der Waals surface area contributed by atoms with Crippen LogP contribution in [0.15, 0.2) is 65.1 Å². The van der Waals surface area contributed by atoms with Gasteiger partial charge in [-0.3, -0.25) is 9.59 Å². The molecule has 0 saturated heterocycles. The van der Waals surface area contributed by atoms with Gasteiger partial charge >= 0.3 is 0 Å². The van der Waals surface area contributed by atoms with E-state index in [0.717, 1.165) is 16.6 Å². The number of hydrogen-bond donors (Lipinski definition) is 1. The molecule has 1 aliphatic rings. The zero-order valence-corrected chi connectivity index (χ0v) is 13.3. The maximum Gasteiger partial charge on any atom is 0.295 e. The van der Waals surface area contributed by atoms with Crippen molar-refractivity contribution in [1.82, 2.24) is 14.9 Å². The van der Waals surface area contributed by atoms with Gasteiger partial charge in [-0.1, -0.05) is 30.3 Å². The molecular formula is C18H15N5O2. The van der Waals surface area contributed by atoms with Gasteiger partial charge in [0.15, 0.2) is 0 Å². The number of nitrogens with zero attached hydrogens (tertiary/aromatic N) is 4. The van der Waals surface area contributed by atoms with Crippen LogP contribution in [-0.4, -0.2) is 27.9 Å². The number of carbonyl (C=O) groups is 2. The fraction of sp³-hybridized carbons (Fsp3) is 0.167. The summed E-state index contributed by atoms with van der Waals surface area (Å²) >= 11 is 0. The maximum absolute atomic E-state index is 12.3. The van der Waals surface area contributed by atoms with Gasteiger partial charge in [0.2, 0.25) is 5.91 Å². The van der Waals surface area contributed by atoms with Crippen LogP contribution >= 0.6 is 0 Å². The predicted octanol–water partition coefficient (Wildman–Crippen LogP) is 2.50. The third-order valence-corrected chi connectivity index (χ3v) is 4.17. The summed E-state index contributed by atoms with van der Waals surface area (Å²) in [6.07, 6.45) is 1.65. The van der Waals surface area contributed by atoms with E-state index in [0.29, 0.717) is 12.1 Å². The van der Waals surface area contributed by atoms with Crippen LogP contribution in [0.3, 0.4) is 0 Å². The molecule has 2 aromatic carbocycles. The summed E-state index contributed by atoms with van der Waals surface area (Å²) in [7, 11) is 0. The van der Waals surface area contributed by atoms with Gasteiger partial charge < -0.3 is 9.88 Å². The summed E-state index contributed by atoms with van der Waals surface area (Å²) in [6, 6.07) is 14.5. The van der Waals surface area contributed by atoms with Crippen molar-refractivity contribution in [2.24, 2.45) is 10.2 Å². The van der Waals surface area contributed by atoms with Crippen molar-refractivity contribution < 1.29 is 9.59 Å². The summed E-state index contributed by atoms with van der Waals surface area (Å²) in [5, 5.41) is 10.5. The van der Waals surface area contributed by atoms with Crippen molar-refractivity contribution in [3.05, 3.63) is 66.0 Å². The predicted molar refractivity (Wildman–Crippen MR) is 91.1 cm³/mol. The average Bonchev–Trinajstić information content (AvgIpc) is 3.04. The fourth-order valence-electron chi connectivity index (χ4n) is 2.93. The van der Waals surface area contributed by atoms with Crippen LogP contribution in [0.25, 0.3) is 11.0 Å². The molecule has 1 aliphatic heterocycles. The highest BCUT2D eigenvalue weighted by molar-refractivity contribution is 5.97. The van der Waals surface area contributed by atoms with E-state index in [-0.39, 0.29) is 24.4 Å². The van der Waals surface area contributed by atoms with E-state index in [1.54, 1.807) is 23.0 Å². The van der Waals surface area contributed by atoms with E-state index in [1.165, 1.54) is 0 Å². The van der Waals surface area contributed by atoms with Crippen LogP contribution < -0.4 is 5.32 Å². The first-order valence-corrected chi connectivity index (χ1v) is 7.93. The quantitative estimate of drug-likeness (QED) is 0.795. The van der Waals surface area contributed by atoms with Crippen LogP contribution in [0.1, 0.15) is 22.0 Å². The lowest BCUT2D eigenvalue weighted by atomic mass is 9.99. The number of amides is 2. The molecule has 7 nitrogen and oxygen atoms in total. The SMILES string of the molecule is O=C(Cn1cnc2ccccc21)NCC1N=NC(=O)c2ccccc21. The van der Waals surface area contributed by atoms with E-state index in [9.17, 15) is 9.59 Å². The van der Waals surface area contributed by atoms with E-state index in [4.69, 9.17) is 0 Å². The zero-order chi connectivity index (χ0) is 17.2. The molecule has 1 aromatic heterocycles. The van der Waals surface area contributed by atoms with Crippen LogP contribution in [-0.2, 0) is 11.3 Å². The van der Waals surface area contributed by atoms with Crippen molar-refractivity contribution in [3.8, 4) is 0 Å². The summed E-state index contributed by atoms with van der Waals surface area (Å²) in [5.41, 5.74) is 3.09. The lowest BCUT2D eigenvalue weighted by Crippen LogP contribution is -2.31. The van der Waals surface area contributed by atoms with Gasteiger partial charge in [-0.25, -0.2) is 4.98 Å². The number of hydrogen-bond acceptors (Lipinski definition) is 4. The number of azo groups is 1. The third kappa shape index (κ3) is 2.91. The minimum absolute atomic E-state index is 0.146. The van der Waals surface area contributed by atoms with Crippen molar-refractivity contribution in [1.29, 1.82) is 0 Å². The Hall–Kier alpha value is -3.35. The Bertz CT molecular complexity index is 992. The molecule has 0 saturated carbocycles. The highest BCUT2D eigenvalue weighted by Crippen LogP contribution is 2.26. The molecule has 7 heteroatoms. The molecule has 3 aromatic rings. The molecular weight excluding hydrogens is 318 g/mol. The number of imidazole rings is 1. The molecule has 124 valence electrons. The fourth-order valence-corrected chi connectivity index (χ4v) is 2.93. The summed E-state index contributed by atoms with van der Waals surface area (Å²) in [6.45, 7) is 0.463. The average molecular weight is 333 g/mol. The highest BCUT2D eigenvalue weighted by Gasteiger charge is 2.23. The molecule has 0 fully saturated rings. The topological polar surface area (TPSA) is 88.7 Å². The molecule has 2 heterocycles. The Morgan fingerprint density at radius 2 is 1.92 bits per heavy atom. The maximum atomic E-state index is 12.3. The summed E-state index contributed by atoms with van der Waals surface area (Å²) in [4.78, 5) is 28.3. The zero-order valence-electron chi connectivity index (χ0n) is 13.3. The second-order valence-electron chi connectivity index (χ2n) is 5.79. The van der Waals surface area contributed by atoms with Gasteiger partial charge in [0.05, 0.1) is 17.4 Å². The molecule has 0 bridgehead atoms. The second-order valence-corrected chi connectivity index (χ2v) is 5.79. The van der Waals surface area contributed by atoms with Crippen LogP contribution in [0.2, 0.25) is 0 Å². The molecule has 1 N–H and O–H groups in total. The van der Waals surface area contributed by atoms with E-state index in [1.807, 2.05) is 36.4 Å². The number of nitrogens with one attached hydrogen (secondary N) is 1. The van der Waals surface area contributed by atoms with Gasteiger partial charge in [0.25, 0.3) is 5.91 Å². The summed E-state index contributed by atoms with van der Waals surface area (Å²) < 4.78 is 1.80. The van der Waals surface area contributed by atoms with E-state index >= 15 is 0 Å². The first-order valence-electron chi connectivity index (χ1n) is 7.93. The standard InChI is InChI=1S/C18H15N5O2/c24-17(10-23-11-20-14-7-3-4-8-16(14)23)19-9-15-12-5-1-2-6-13(12)18(25)22-21-15/h1-8,11,15H,9-10H2,(H,19,24). The number of rotatable bonds is 4. The normalized spacial score (nSPS) is 16.0. The highest BCUT2D eigenvalue weighted by atomic mass is 16.2. The number of benzene rings is 2. The van der Waals surface area contributed by atoms with Gasteiger partial charge in [-0.2, -0.15) is 5.11 Å². The smallest absolute Gasteiger partial charge is 0.295 e. The molecule has 0 radical (unpaired) electrons. The lowest BCUT2D eigenvalue weighted by molar-refractivity contribution is -0.121. The van der Waals surface area contributed by atoms with Crippen molar-refractivity contribution in [3.63, 3.8) is 0 Å². The molecule has 25 heavy (non-hydrogen) atoms. The van der Waals surface area contributed by atoms with Crippen LogP contribution in [0, 0.1) is 0 Å². The Morgan fingerprint density at radius 3 is 2.84 bits per heavy atom. The van der Waals surface area contributed by atoms with Crippen molar-refractivity contribution >= 4 is 22.8 Å². The van der Waals surface area contributed by atoms with Gasteiger partial charge in [-0.15, -0.1) is 5.11 Å². The van der Waals surface area contributed by atoms with Gasteiger partial charge in [0, 0.05) is 12.1 Å². The van der Waals surface area contributed by atoms with E-state index < -0.39 is 0 Å². The van der Waals surface area contributed by atoms with E-state index in [2.05, 4.69) is 20.5 Å². The van der Waals surface area contributed by atoms with Crippen molar-refractivity contribution in [2.45, 2.75) is 12.6 Å². The molecule has 0 aliphatic carbocycles. The minimum Gasteiger partial charge on any atom is -0.352 e. The largest absolute Gasteiger partial charge is 0.352 e. The number of aromatic nitrogens is 2. The van der Waals surface area contributed by atoms with Gasteiger partial charge in [0.1, 0.15) is 12.6 Å². The van der Waals surface area contributed by atoms with Gasteiger partial charge in [-0.05, 0) is 23.8 Å². The minimum atomic E-state index is -0.350. The summed E-state index contributed by atoms with van der Waals surface area (Å²) in [5.74, 6) is -0.490. The molecule has 1 unspecified atom stereocenters. The molecule has 4 rings (SSSR count). The second kappa shape index (κ2) is 6.27. The Labute approximate surface area is 143 Å². The van der Waals surface area contributed by atoms with Crippen molar-refractivity contribution in [2.75, 3.05) is 6.54 Å². The molecule has 1 atom stereocenters. The first-order chi connectivity index (χ1) is 12.2. The Morgan fingerprint density at radius 1 is 1.12 bits per heavy atom. The van der Waals surface area contributed by atoms with Crippen LogP contribution in [0.4, 0.5) is 0 Å². The molecule has 0 spiro atoms. The number of para-hydroxylation sites is 2. The lowest BCUT2D eigenvalue weighted by Gasteiger charge is -2.18. The Kier molecular flexibility index (Phi) is 3.81.